The van der Waals surface area contributed by atoms with E-state index in [0.717, 1.165) is 22.9 Å². The molecule has 15 heavy (non-hydrogen) atoms. The Morgan fingerprint density at radius 1 is 1.27 bits per heavy atom. The van der Waals surface area contributed by atoms with Crippen molar-refractivity contribution in [3.63, 3.8) is 0 Å². The van der Waals surface area contributed by atoms with E-state index in [1.54, 1.807) is 11.3 Å². The first-order valence-electron chi connectivity index (χ1n) is 4.81. The fraction of sp³-hybridized carbons (Fsp3) is 0.182. The number of hydrogen-bond donors (Lipinski definition) is 2. The summed E-state index contributed by atoms with van der Waals surface area (Å²) in [4.78, 5) is 4.37. The summed E-state index contributed by atoms with van der Waals surface area (Å²) in [5, 5.41) is 6.33. The molecule has 0 spiro atoms. The molecule has 0 saturated carbocycles. The zero-order valence-corrected chi connectivity index (χ0v) is 9.13. The average molecular weight is 219 g/mol. The summed E-state index contributed by atoms with van der Waals surface area (Å²) in [5.41, 5.74) is 7.65. The SMILES string of the molecule is NCc1nc(CNc2ccccc2)cs1. The van der Waals surface area contributed by atoms with Gasteiger partial charge in [-0.25, -0.2) is 4.98 Å². The monoisotopic (exact) mass is 219 g/mol. The summed E-state index contributed by atoms with van der Waals surface area (Å²) >= 11 is 1.61. The molecule has 2 rings (SSSR count). The van der Waals surface area contributed by atoms with E-state index in [4.69, 9.17) is 5.73 Å². The standard InChI is InChI=1S/C11H13N3S/c12-6-11-14-10(8-15-11)7-13-9-4-2-1-3-5-9/h1-5,8,13H,6-7,12H2. The maximum Gasteiger partial charge on any atom is 0.107 e. The van der Waals surface area contributed by atoms with Gasteiger partial charge in [-0.2, -0.15) is 0 Å². The average Bonchev–Trinajstić information content (AvgIpc) is 2.76. The molecule has 1 aromatic heterocycles. The van der Waals surface area contributed by atoms with Crippen LogP contribution in [0.5, 0.6) is 0 Å². The molecule has 1 heterocycles. The van der Waals surface area contributed by atoms with Gasteiger partial charge in [-0.3, -0.25) is 0 Å². The van der Waals surface area contributed by atoms with Crippen molar-refractivity contribution >= 4 is 17.0 Å². The first-order valence-corrected chi connectivity index (χ1v) is 5.68. The van der Waals surface area contributed by atoms with E-state index in [1.165, 1.54) is 0 Å². The number of hydrogen-bond acceptors (Lipinski definition) is 4. The highest BCUT2D eigenvalue weighted by Crippen LogP contribution is 2.11. The summed E-state index contributed by atoms with van der Waals surface area (Å²) in [6, 6.07) is 10.1. The predicted octanol–water partition coefficient (Wildman–Crippen LogP) is 2.21. The zero-order chi connectivity index (χ0) is 10.5. The normalized spacial score (nSPS) is 10.2. The Hall–Kier alpha value is -1.39. The van der Waals surface area contributed by atoms with E-state index in [9.17, 15) is 0 Å². The van der Waals surface area contributed by atoms with Crippen LogP contribution in [0.1, 0.15) is 10.7 Å². The van der Waals surface area contributed by atoms with Gasteiger partial charge in [0.05, 0.1) is 12.2 Å². The largest absolute Gasteiger partial charge is 0.379 e. The summed E-state index contributed by atoms with van der Waals surface area (Å²) < 4.78 is 0. The zero-order valence-electron chi connectivity index (χ0n) is 8.31. The fourth-order valence-corrected chi connectivity index (χ4v) is 1.95. The molecule has 0 bridgehead atoms. The van der Waals surface area contributed by atoms with E-state index in [0.29, 0.717) is 6.54 Å². The van der Waals surface area contributed by atoms with Crippen molar-refractivity contribution in [3.8, 4) is 0 Å². The third kappa shape index (κ3) is 2.78. The molecule has 0 amide bonds. The molecule has 1 aromatic carbocycles. The molecule has 0 aliphatic heterocycles. The summed E-state index contributed by atoms with van der Waals surface area (Å²) in [6.07, 6.45) is 0. The Morgan fingerprint density at radius 2 is 2.07 bits per heavy atom. The highest BCUT2D eigenvalue weighted by molar-refractivity contribution is 7.09. The Bertz CT molecular complexity index is 411. The van der Waals surface area contributed by atoms with Crippen LogP contribution in [0.25, 0.3) is 0 Å². The van der Waals surface area contributed by atoms with Gasteiger partial charge in [0, 0.05) is 17.6 Å². The van der Waals surface area contributed by atoms with Gasteiger partial charge in [0.15, 0.2) is 0 Å². The molecular formula is C11H13N3S. The van der Waals surface area contributed by atoms with Crippen molar-refractivity contribution in [1.82, 2.24) is 4.98 Å². The van der Waals surface area contributed by atoms with E-state index < -0.39 is 0 Å². The van der Waals surface area contributed by atoms with Gasteiger partial charge in [0.2, 0.25) is 0 Å². The molecule has 0 saturated heterocycles. The van der Waals surface area contributed by atoms with E-state index >= 15 is 0 Å². The van der Waals surface area contributed by atoms with Gasteiger partial charge in [-0.1, -0.05) is 18.2 Å². The Labute approximate surface area is 93.0 Å². The highest BCUT2D eigenvalue weighted by Gasteiger charge is 1.99. The van der Waals surface area contributed by atoms with Crippen molar-refractivity contribution in [2.24, 2.45) is 5.73 Å². The van der Waals surface area contributed by atoms with E-state index in [1.807, 2.05) is 35.7 Å². The molecule has 78 valence electrons. The van der Waals surface area contributed by atoms with Crippen LogP contribution in [0.3, 0.4) is 0 Å². The lowest BCUT2D eigenvalue weighted by Gasteiger charge is -2.02. The number of benzene rings is 1. The summed E-state index contributed by atoms with van der Waals surface area (Å²) in [7, 11) is 0. The van der Waals surface area contributed by atoms with Crippen LogP contribution in [-0.2, 0) is 13.1 Å². The van der Waals surface area contributed by atoms with Gasteiger partial charge < -0.3 is 11.1 Å². The van der Waals surface area contributed by atoms with Crippen molar-refractivity contribution in [2.75, 3.05) is 5.32 Å². The topological polar surface area (TPSA) is 50.9 Å². The quantitative estimate of drug-likeness (QED) is 0.829. The van der Waals surface area contributed by atoms with Crippen molar-refractivity contribution < 1.29 is 0 Å². The third-order valence-electron chi connectivity index (χ3n) is 2.02. The smallest absolute Gasteiger partial charge is 0.107 e. The second-order valence-electron chi connectivity index (χ2n) is 3.16. The molecule has 0 atom stereocenters. The lowest BCUT2D eigenvalue weighted by molar-refractivity contribution is 0.985. The van der Waals surface area contributed by atoms with Gasteiger partial charge in [-0.15, -0.1) is 11.3 Å². The number of nitrogens with two attached hydrogens (primary N) is 1. The number of para-hydroxylation sites is 1. The number of anilines is 1. The molecule has 0 fully saturated rings. The molecule has 0 aliphatic rings. The minimum atomic E-state index is 0.524. The molecule has 4 heteroatoms. The van der Waals surface area contributed by atoms with Gasteiger partial charge >= 0.3 is 0 Å². The Morgan fingerprint density at radius 3 is 2.73 bits per heavy atom. The maximum atomic E-state index is 5.50. The second kappa shape index (κ2) is 4.91. The minimum absolute atomic E-state index is 0.524. The number of rotatable bonds is 4. The fourth-order valence-electron chi connectivity index (χ4n) is 1.27. The van der Waals surface area contributed by atoms with Gasteiger partial charge in [-0.05, 0) is 12.1 Å². The third-order valence-corrected chi connectivity index (χ3v) is 2.94. The molecule has 0 radical (unpaired) electrons. The molecule has 3 N–H and O–H groups in total. The highest BCUT2D eigenvalue weighted by atomic mass is 32.1. The van der Waals surface area contributed by atoms with Crippen molar-refractivity contribution in [1.29, 1.82) is 0 Å². The predicted molar refractivity (Wildman–Crippen MR) is 63.8 cm³/mol. The molecule has 3 nitrogen and oxygen atoms in total. The summed E-state index contributed by atoms with van der Waals surface area (Å²) in [6.45, 7) is 1.27. The molecular weight excluding hydrogens is 206 g/mol. The van der Waals surface area contributed by atoms with Crippen LogP contribution in [-0.4, -0.2) is 4.98 Å². The number of nitrogens with zero attached hydrogens (tertiary/aromatic N) is 1. The van der Waals surface area contributed by atoms with Crippen LogP contribution in [0.15, 0.2) is 35.7 Å². The van der Waals surface area contributed by atoms with Crippen LogP contribution in [0.4, 0.5) is 5.69 Å². The van der Waals surface area contributed by atoms with Crippen molar-refractivity contribution in [3.05, 3.63) is 46.4 Å². The summed E-state index contributed by atoms with van der Waals surface area (Å²) in [5.74, 6) is 0. The van der Waals surface area contributed by atoms with Crippen LogP contribution in [0, 0.1) is 0 Å². The minimum Gasteiger partial charge on any atom is -0.379 e. The molecule has 2 aromatic rings. The Balaban J connectivity index is 1.93. The maximum absolute atomic E-state index is 5.50. The van der Waals surface area contributed by atoms with Crippen LogP contribution in [0.2, 0.25) is 0 Å². The lowest BCUT2D eigenvalue weighted by Crippen LogP contribution is -2.01. The van der Waals surface area contributed by atoms with Gasteiger partial charge in [0.25, 0.3) is 0 Å². The van der Waals surface area contributed by atoms with Crippen LogP contribution < -0.4 is 11.1 Å². The lowest BCUT2D eigenvalue weighted by atomic mass is 10.3. The molecule has 0 aliphatic carbocycles. The van der Waals surface area contributed by atoms with Gasteiger partial charge in [0.1, 0.15) is 5.01 Å². The first kappa shape index (κ1) is 10.1. The second-order valence-corrected chi connectivity index (χ2v) is 4.10. The van der Waals surface area contributed by atoms with E-state index in [-0.39, 0.29) is 0 Å². The number of nitrogens with one attached hydrogen (secondary N) is 1. The molecule has 0 unspecified atom stereocenters. The van der Waals surface area contributed by atoms with E-state index in [2.05, 4.69) is 10.3 Å². The first-order chi connectivity index (χ1) is 7.38. The number of thiazole rings is 1. The van der Waals surface area contributed by atoms with Crippen molar-refractivity contribution in [2.45, 2.75) is 13.1 Å². The number of aromatic nitrogens is 1. The Kier molecular flexibility index (Phi) is 3.32. The van der Waals surface area contributed by atoms with Crippen LogP contribution >= 0.6 is 11.3 Å².